The predicted molar refractivity (Wildman–Crippen MR) is 88.2 cm³/mol. The summed E-state index contributed by atoms with van der Waals surface area (Å²) < 4.78 is 26.5. The SMILES string of the molecule is NCC(F)(F)CNCc1cccc2c1C(=O)N(C1CCC(=O)NC1=O)C2. The third-order valence-corrected chi connectivity index (χ3v) is 4.64. The molecule has 0 spiro atoms. The van der Waals surface area contributed by atoms with E-state index in [-0.39, 0.29) is 37.7 Å². The molecule has 3 rings (SSSR count). The van der Waals surface area contributed by atoms with E-state index in [0.717, 1.165) is 5.56 Å². The number of carbonyl (C=O) groups excluding carboxylic acids is 3. The van der Waals surface area contributed by atoms with Crippen molar-refractivity contribution < 1.29 is 23.2 Å². The minimum Gasteiger partial charge on any atom is -0.325 e. The molecule has 1 aromatic carbocycles. The van der Waals surface area contributed by atoms with Crippen LogP contribution >= 0.6 is 0 Å². The summed E-state index contributed by atoms with van der Waals surface area (Å²) in [6, 6.07) is 4.52. The van der Waals surface area contributed by atoms with Gasteiger partial charge in [-0.05, 0) is 17.5 Å². The maximum Gasteiger partial charge on any atom is 0.272 e. The maximum atomic E-state index is 13.3. The van der Waals surface area contributed by atoms with Gasteiger partial charge in [-0.1, -0.05) is 18.2 Å². The van der Waals surface area contributed by atoms with Crippen molar-refractivity contribution in [2.24, 2.45) is 5.73 Å². The molecule has 7 nitrogen and oxygen atoms in total. The number of alkyl halides is 2. The zero-order chi connectivity index (χ0) is 18.9. The van der Waals surface area contributed by atoms with Crippen LogP contribution in [0.25, 0.3) is 0 Å². The molecule has 1 saturated heterocycles. The molecule has 2 heterocycles. The van der Waals surface area contributed by atoms with Crippen LogP contribution in [0.2, 0.25) is 0 Å². The van der Waals surface area contributed by atoms with Gasteiger partial charge in [0.2, 0.25) is 11.8 Å². The van der Waals surface area contributed by atoms with Crippen molar-refractivity contribution in [1.29, 1.82) is 0 Å². The van der Waals surface area contributed by atoms with E-state index in [4.69, 9.17) is 5.73 Å². The number of nitrogens with two attached hydrogens (primary N) is 1. The molecule has 1 atom stereocenters. The van der Waals surface area contributed by atoms with E-state index in [9.17, 15) is 23.2 Å². The Hall–Kier alpha value is -2.39. The highest BCUT2D eigenvalue weighted by Gasteiger charge is 2.40. The molecule has 4 N–H and O–H groups in total. The quantitative estimate of drug-likeness (QED) is 0.621. The number of hydrogen-bond acceptors (Lipinski definition) is 5. The second-order valence-corrected chi connectivity index (χ2v) is 6.51. The lowest BCUT2D eigenvalue weighted by molar-refractivity contribution is -0.136. The van der Waals surface area contributed by atoms with Crippen LogP contribution in [-0.2, 0) is 22.7 Å². The summed E-state index contributed by atoms with van der Waals surface area (Å²) >= 11 is 0. The molecule has 1 fully saturated rings. The lowest BCUT2D eigenvalue weighted by Crippen LogP contribution is -2.52. The van der Waals surface area contributed by atoms with Crippen molar-refractivity contribution in [1.82, 2.24) is 15.5 Å². The standard InChI is InChI=1S/C17H20F2N4O3/c18-17(19,8-20)9-21-6-10-2-1-3-11-7-23(16(26)14(10)11)12-4-5-13(24)22-15(12)25/h1-3,12,21H,4-9,20H2,(H,22,24,25). The highest BCUT2D eigenvalue weighted by molar-refractivity contribution is 6.05. The first-order chi connectivity index (χ1) is 12.3. The number of halogens is 2. The summed E-state index contributed by atoms with van der Waals surface area (Å²) in [6.45, 7) is -0.992. The minimum absolute atomic E-state index is 0.0910. The fourth-order valence-electron chi connectivity index (χ4n) is 3.29. The molecule has 0 saturated carbocycles. The molecule has 0 bridgehead atoms. The smallest absolute Gasteiger partial charge is 0.272 e. The molecular formula is C17H20F2N4O3. The van der Waals surface area contributed by atoms with Gasteiger partial charge in [-0.2, -0.15) is 0 Å². The number of nitrogens with zero attached hydrogens (tertiary/aromatic N) is 1. The fraction of sp³-hybridized carbons (Fsp3) is 0.471. The third-order valence-electron chi connectivity index (χ3n) is 4.64. The number of rotatable bonds is 6. The second kappa shape index (κ2) is 7.08. The van der Waals surface area contributed by atoms with Gasteiger partial charge in [0, 0.05) is 25.1 Å². The van der Waals surface area contributed by atoms with Crippen LogP contribution in [0.4, 0.5) is 8.78 Å². The molecule has 1 unspecified atom stereocenters. The Labute approximate surface area is 148 Å². The molecule has 2 aliphatic rings. The molecule has 0 aliphatic carbocycles. The van der Waals surface area contributed by atoms with Gasteiger partial charge in [-0.15, -0.1) is 0 Å². The Bertz CT molecular complexity index is 754. The number of carbonyl (C=O) groups is 3. The van der Waals surface area contributed by atoms with Gasteiger partial charge in [0.15, 0.2) is 0 Å². The zero-order valence-corrected chi connectivity index (χ0v) is 14.1. The van der Waals surface area contributed by atoms with Gasteiger partial charge in [-0.25, -0.2) is 8.78 Å². The lowest BCUT2D eigenvalue weighted by atomic mass is 10.0. The van der Waals surface area contributed by atoms with E-state index in [1.807, 2.05) is 0 Å². The fourth-order valence-corrected chi connectivity index (χ4v) is 3.29. The van der Waals surface area contributed by atoms with Gasteiger partial charge in [0.1, 0.15) is 6.04 Å². The average Bonchev–Trinajstić information content (AvgIpc) is 2.92. The summed E-state index contributed by atoms with van der Waals surface area (Å²) in [5.74, 6) is -4.16. The van der Waals surface area contributed by atoms with Crippen LogP contribution in [0, 0.1) is 0 Å². The molecule has 140 valence electrons. The van der Waals surface area contributed by atoms with Gasteiger partial charge in [-0.3, -0.25) is 19.7 Å². The topological polar surface area (TPSA) is 105 Å². The molecule has 2 aliphatic heterocycles. The Morgan fingerprint density at radius 2 is 2.08 bits per heavy atom. The average molecular weight is 366 g/mol. The molecule has 26 heavy (non-hydrogen) atoms. The maximum absolute atomic E-state index is 13.3. The van der Waals surface area contributed by atoms with Crippen molar-refractivity contribution >= 4 is 17.7 Å². The number of fused-ring (bicyclic) bond motifs is 1. The Balaban J connectivity index is 1.74. The summed E-state index contributed by atoms with van der Waals surface area (Å²) in [7, 11) is 0. The van der Waals surface area contributed by atoms with Crippen molar-refractivity contribution in [2.75, 3.05) is 13.1 Å². The normalized spacial score (nSPS) is 20.3. The van der Waals surface area contributed by atoms with Gasteiger partial charge in [0.05, 0.1) is 13.1 Å². The number of imide groups is 1. The van der Waals surface area contributed by atoms with Crippen molar-refractivity contribution in [2.45, 2.75) is 37.9 Å². The van der Waals surface area contributed by atoms with Crippen LogP contribution in [-0.4, -0.2) is 47.7 Å². The monoisotopic (exact) mass is 366 g/mol. The molecule has 1 aromatic rings. The first kappa shape index (κ1) is 18.4. The Morgan fingerprint density at radius 3 is 2.77 bits per heavy atom. The molecular weight excluding hydrogens is 346 g/mol. The molecule has 0 aromatic heterocycles. The summed E-state index contributed by atoms with van der Waals surface area (Å²) in [6.07, 6.45) is 0.458. The van der Waals surface area contributed by atoms with E-state index in [0.29, 0.717) is 11.1 Å². The first-order valence-corrected chi connectivity index (χ1v) is 8.36. The van der Waals surface area contributed by atoms with E-state index in [1.165, 1.54) is 4.90 Å². The second-order valence-electron chi connectivity index (χ2n) is 6.51. The van der Waals surface area contributed by atoms with Gasteiger partial charge < -0.3 is 16.0 Å². The van der Waals surface area contributed by atoms with Crippen molar-refractivity contribution in [3.05, 3.63) is 34.9 Å². The van der Waals surface area contributed by atoms with E-state index < -0.39 is 31.0 Å². The predicted octanol–water partition coefficient (Wildman–Crippen LogP) is 0.131. The van der Waals surface area contributed by atoms with Gasteiger partial charge in [0.25, 0.3) is 11.8 Å². The number of piperidine rings is 1. The summed E-state index contributed by atoms with van der Waals surface area (Å²) in [5, 5.41) is 4.87. The third kappa shape index (κ3) is 3.58. The zero-order valence-electron chi connectivity index (χ0n) is 14.1. The van der Waals surface area contributed by atoms with Crippen LogP contribution in [0.3, 0.4) is 0 Å². The number of benzene rings is 1. The van der Waals surface area contributed by atoms with Crippen LogP contribution in [0.1, 0.15) is 34.3 Å². The number of hydrogen-bond donors (Lipinski definition) is 3. The largest absolute Gasteiger partial charge is 0.325 e. The van der Waals surface area contributed by atoms with E-state index in [2.05, 4.69) is 10.6 Å². The number of nitrogens with one attached hydrogen (secondary N) is 2. The minimum atomic E-state index is -3.01. The van der Waals surface area contributed by atoms with Crippen LogP contribution in [0.15, 0.2) is 18.2 Å². The number of amides is 3. The van der Waals surface area contributed by atoms with E-state index in [1.54, 1.807) is 18.2 Å². The van der Waals surface area contributed by atoms with Crippen LogP contribution in [0.5, 0.6) is 0 Å². The lowest BCUT2D eigenvalue weighted by Gasteiger charge is -2.29. The molecule has 0 radical (unpaired) electrons. The first-order valence-electron chi connectivity index (χ1n) is 8.36. The van der Waals surface area contributed by atoms with E-state index >= 15 is 0 Å². The van der Waals surface area contributed by atoms with Crippen molar-refractivity contribution in [3.63, 3.8) is 0 Å². The summed E-state index contributed by atoms with van der Waals surface area (Å²) in [5.41, 5.74) is 6.77. The van der Waals surface area contributed by atoms with Crippen molar-refractivity contribution in [3.8, 4) is 0 Å². The highest BCUT2D eigenvalue weighted by atomic mass is 19.3. The molecule has 9 heteroatoms. The highest BCUT2D eigenvalue weighted by Crippen LogP contribution is 2.29. The molecule has 3 amide bonds. The van der Waals surface area contributed by atoms with Crippen LogP contribution < -0.4 is 16.4 Å². The summed E-state index contributed by atoms with van der Waals surface area (Å²) in [4.78, 5) is 37.6. The van der Waals surface area contributed by atoms with Gasteiger partial charge >= 0.3 is 0 Å². The Morgan fingerprint density at radius 1 is 1.31 bits per heavy atom. The Kier molecular flexibility index (Phi) is 5.01.